The number of ether oxygens (including phenoxy) is 1. The minimum atomic E-state index is -3.48. The summed E-state index contributed by atoms with van der Waals surface area (Å²) in [6.07, 6.45) is 1.05. The van der Waals surface area contributed by atoms with Crippen LogP contribution in [0.5, 0.6) is 5.75 Å². The Morgan fingerprint density at radius 3 is 2.52 bits per heavy atom. The van der Waals surface area contributed by atoms with E-state index in [4.69, 9.17) is 4.74 Å². The van der Waals surface area contributed by atoms with Gasteiger partial charge in [0.15, 0.2) is 11.5 Å². The predicted molar refractivity (Wildman–Crippen MR) is 93.4 cm³/mol. The van der Waals surface area contributed by atoms with Gasteiger partial charge in [-0.3, -0.25) is 9.52 Å². The van der Waals surface area contributed by atoms with Gasteiger partial charge in [-0.05, 0) is 36.8 Å². The Balaban J connectivity index is 2.35. The van der Waals surface area contributed by atoms with Crippen molar-refractivity contribution < 1.29 is 17.9 Å². The largest absolute Gasteiger partial charge is 0.486 e. The molecule has 0 unspecified atom stereocenters. The number of hydrogen-bond donors (Lipinski definition) is 1. The Hall–Kier alpha value is -1.86. The first kappa shape index (κ1) is 17.5. The van der Waals surface area contributed by atoms with E-state index in [1.165, 1.54) is 6.92 Å². The third-order valence-electron chi connectivity index (χ3n) is 2.96. The molecule has 0 saturated carbocycles. The first-order chi connectivity index (χ1) is 10.8. The minimum Gasteiger partial charge on any atom is -0.486 e. The Bertz CT molecular complexity index is 834. The molecule has 0 aromatic heterocycles. The van der Waals surface area contributed by atoms with Crippen LogP contribution >= 0.6 is 15.9 Å². The summed E-state index contributed by atoms with van der Waals surface area (Å²) in [4.78, 5) is 11.8. The SMILES string of the molecule is CC(=O)c1cccc(NS(C)(=O)=O)c1OCc1cccc(Br)c1. The van der Waals surface area contributed by atoms with E-state index >= 15 is 0 Å². The molecule has 0 bridgehead atoms. The van der Waals surface area contributed by atoms with Crippen LogP contribution in [-0.2, 0) is 16.6 Å². The molecular weight excluding hydrogens is 382 g/mol. The molecular formula is C16H16BrNO4S. The third-order valence-corrected chi connectivity index (χ3v) is 4.05. The Kier molecular flexibility index (Phi) is 5.43. The number of hydrogen-bond acceptors (Lipinski definition) is 4. The van der Waals surface area contributed by atoms with Crippen LogP contribution in [0.4, 0.5) is 5.69 Å². The Labute approximate surface area is 143 Å². The van der Waals surface area contributed by atoms with Crippen molar-refractivity contribution in [2.75, 3.05) is 11.0 Å². The van der Waals surface area contributed by atoms with Crippen LogP contribution < -0.4 is 9.46 Å². The second-order valence-electron chi connectivity index (χ2n) is 5.03. The van der Waals surface area contributed by atoms with Crippen LogP contribution in [-0.4, -0.2) is 20.5 Å². The Morgan fingerprint density at radius 2 is 1.91 bits per heavy atom. The highest BCUT2D eigenvalue weighted by Gasteiger charge is 2.16. The molecule has 7 heteroatoms. The maximum absolute atomic E-state index is 11.8. The molecule has 0 atom stereocenters. The summed E-state index contributed by atoms with van der Waals surface area (Å²) in [5.74, 6) is 0.0248. The predicted octanol–water partition coefficient (Wildman–Crippen LogP) is 3.60. The van der Waals surface area contributed by atoms with Gasteiger partial charge < -0.3 is 4.74 Å². The van der Waals surface area contributed by atoms with Crippen molar-refractivity contribution in [3.05, 3.63) is 58.1 Å². The standard InChI is InChI=1S/C16H16BrNO4S/c1-11(19)14-7-4-8-15(18-23(2,20)21)16(14)22-10-12-5-3-6-13(17)9-12/h3-9,18H,10H2,1-2H3. The van der Waals surface area contributed by atoms with Gasteiger partial charge in [0.25, 0.3) is 0 Å². The number of carbonyl (C=O) groups excluding carboxylic acids is 1. The van der Waals surface area contributed by atoms with Crippen LogP contribution in [0, 0.1) is 0 Å². The molecule has 0 heterocycles. The van der Waals surface area contributed by atoms with Crippen molar-refractivity contribution in [1.82, 2.24) is 0 Å². The van der Waals surface area contributed by atoms with E-state index in [0.29, 0.717) is 5.56 Å². The average Bonchev–Trinajstić information content (AvgIpc) is 2.44. The second-order valence-corrected chi connectivity index (χ2v) is 7.70. The fourth-order valence-electron chi connectivity index (χ4n) is 2.03. The second kappa shape index (κ2) is 7.14. The monoisotopic (exact) mass is 397 g/mol. The lowest BCUT2D eigenvalue weighted by Gasteiger charge is -2.15. The first-order valence-electron chi connectivity index (χ1n) is 6.75. The van der Waals surface area contributed by atoms with Gasteiger partial charge in [0, 0.05) is 4.47 Å². The Morgan fingerprint density at radius 1 is 1.22 bits per heavy atom. The molecule has 0 saturated heterocycles. The van der Waals surface area contributed by atoms with E-state index in [1.807, 2.05) is 24.3 Å². The first-order valence-corrected chi connectivity index (χ1v) is 9.43. The summed E-state index contributed by atoms with van der Waals surface area (Å²) in [6.45, 7) is 1.62. The highest BCUT2D eigenvalue weighted by atomic mass is 79.9. The fourth-order valence-corrected chi connectivity index (χ4v) is 3.04. The summed E-state index contributed by atoms with van der Waals surface area (Å²) < 4.78 is 32.0. The smallest absolute Gasteiger partial charge is 0.229 e. The number of carbonyl (C=O) groups is 1. The third kappa shape index (κ3) is 5.07. The zero-order valence-electron chi connectivity index (χ0n) is 12.7. The fraction of sp³-hybridized carbons (Fsp3) is 0.188. The van der Waals surface area contributed by atoms with Crippen molar-refractivity contribution in [3.63, 3.8) is 0 Å². The summed E-state index contributed by atoms with van der Waals surface area (Å²) >= 11 is 3.38. The molecule has 0 fully saturated rings. The van der Waals surface area contributed by atoms with E-state index in [2.05, 4.69) is 20.7 Å². The van der Waals surface area contributed by atoms with E-state index in [1.54, 1.807) is 18.2 Å². The number of nitrogens with one attached hydrogen (secondary N) is 1. The van der Waals surface area contributed by atoms with Crippen molar-refractivity contribution >= 4 is 37.4 Å². The molecule has 2 rings (SSSR count). The van der Waals surface area contributed by atoms with Crippen molar-refractivity contribution in [2.45, 2.75) is 13.5 Å². The van der Waals surface area contributed by atoms with Crippen LogP contribution in [0.3, 0.4) is 0 Å². The van der Waals surface area contributed by atoms with E-state index in [9.17, 15) is 13.2 Å². The quantitative estimate of drug-likeness (QED) is 0.755. The summed E-state index contributed by atoms with van der Waals surface area (Å²) in [7, 11) is -3.48. The lowest BCUT2D eigenvalue weighted by molar-refractivity contribution is 0.101. The molecule has 122 valence electrons. The number of sulfonamides is 1. The number of halogens is 1. The van der Waals surface area contributed by atoms with Gasteiger partial charge in [0.1, 0.15) is 6.61 Å². The zero-order chi connectivity index (χ0) is 17.0. The maximum atomic E-state index is 11.8. The molecule has 23 heavy (non-hydrogen) atoms. The van der Waals surface area contributed by atoms with Gasteiger partial charge in [-0.15, -0.1) is 0 Å². The van der Waals surface area contributed by atoms with Gasteiger partial charge in [-0.25, -0.2) is 8.42 Å². The number of anilines is 1. The van der Waals surface area contributed by atoms with Gasteiger partial charge in [-0.2, -0.15) is 0 Å². The van der Waals surface area contributed by atoms with E-state index in [-0.39, 0.29) is 23.8 Å². The summed E-state index contributed by atoms with van der Waals surface area (Å²) in [5, 5.41) is 0. The zero-order valence-corrected chi connectivity index (χ0v) is 15.1. The molecule has 0 spiro atoms. The highest BCUT2D eigenvalue weighted by Crippen LogP contribution is 2.31. The van der Waals surface area contributed by atoms with Crippen LogP contribution in [0.25, 0.3) is 0 Å². The number of para-hydroxylation sites is 1. The number of ketones is 1. The topological polar surface area (TPSA) is 72.5 Å². The highest BCUT2D eigenvalue weighted by molar-refractivity contribution is 9.10. The van der Waals surface area contributed by atoms with Crippen LogP contribution in [0.2, 0.25) is 0 Å². The van der Waals surface area contributed by atoms with Crippen molar-refractivity contribution in [1.29, 1.82) is 0 Å². The number of benzene rings is 2. The molecule has 2 aromatic carbocycles. The maximum Gasteiger partial charge on any atom is 0.229 e. The van der Waals surface area contributed by atoms with Gasteiger partial charge in [0.2, 0.25) is 10.0 Å². The van der Waals surface area contributed by atoms with Crippen molar-refractivity contribution in [2.24, 2.45) is 0 Å². The molecule has 1 N–H and O–H groups in total. The van der Waals surface area contributed by atoms with Gasteiger partial charge in [-0.1, -0.05) is 34.1 Å². The van der Waals surface area contributed by atoms with Crippen LogP contribution in [0.1, 0.15) is 22.8 Å². The molecule has 0 aliphatic heterocycles. The lowest BCUT2D eigenvalue weighted by Crippen LogP contribution is -2.12. The molecule has 2 aromatic rings. The van der Waals surface area contributed by atoms with Crippen molar-refractivity contribution in [3.8, 4) is 5.75 Å². The lowest BCUT2D eigenvalue weighted by atomic mass is 10.1. The van der Waals surface area contributed by atoms with Gasteiger partial charge in [0.05, 0.1) is 17.5 Å². The molecule has 0 aliphatic rings. The van der Waals surface area contributed by atoms with E-state index < -0.39 is 10.0 Å². The normalized spacial score (nSPS) is 11.1. The minimum absolute atomic E-state index is 0.202. The molecule has 0 radical (unpaired) electrons. The van der Waals surface area contributed by atoms with Gasteiger partial charge >= 0.3 is 0 Å². The molecule has 0 amide bonds. The number of rotatable bonds is 6. The average molecular weight is 398 g/mol. The van der Waals surface area contributed by atoms with Crippen LogP contribution in [0.15, 0.2) is 46.9 Å². The molecule has 5 nitrogen and oxygen atoms in total. The van der Waals surface area contributed by atoms with E-state index in [0.717, 1.165) is 16.3 Å². The molecule has 0 aliphatic carbocycles. The summed E-state index contributed by atoms with van der Waals surface area (Å²) in [5.41, 5.74) is 1.46. The number of Topliss-reactive ketones (excluding diaryl/α,β-unsaturated/α-hetero) is 1. The summed E-state index contributed by atoms with van der Waals surface area (Å²) in [6, 6.07) is 12.3.